The molecule has 1 aromatic carbocycles. The Bertz CT molecular complexity index is 356. The van der Waals surface area contributed by atoms with Crippen LogP contribution in [0.1, 0.15) is 37.2 Å². The Morgan fingerprint density at radius 2 is 1.65 bits per heavy atom. The maximum atomic E-state index is 9.70. The van der Waals surface area contributed by atoms with E-state index in [0.717, 1.165) is 25.4 Å². The van der Waals surface area contributed by atoms with Crippen molar-refractivity contribution in [2.75, 3.05) is 13.1 Å². The van der Waals surface area contributed by atoms with Gasteiger partial charge < -0.3 is 5.11 Å². The summed E-state index contributed by atoms with van der Waals surface area (Å²) in [5.74, 6) is 0.727. The topological polar surface area (TPSA) is 23.5 Å². The van der Waals surface area contributed by atoms with E-state index >= 15 is 0 Å². The lowest BCUT2D eigenvalue weighted by atomic mass is 9.83. The fourth-order valence-electron chi connectivity index (χ4n) is 3.18. The van der Waals surface area contributed by atoms with Crippen molar-refractivity contribution in [3.63, 3.8) is 0 Å². The van der Waals surface area contributed by atoms with Gasteiger partial charge in [0, 0.05) is 6.04 Å². The van der Waals surface area contributed by atoms with Gasteiger partial charge in [0.25, 0.3) is 0 Å². The minimum Gasteiger partial charge on any atom is -0.391 e. The number of aliphatic hydroxyl groups is 1. The van der Waals surface area contributed by atoms with Crippen LogP contribution in [0.4, 0.5) is 0 Å². The summed E-state index contributed by atoms with van der Waals surface area (Å²) < 4.78 is 0. The first-order valence-corrected chi connectivity index (χ1v) is 6.81. The van der Waals surface area contributed by atoms with Gasteiger partial charge >= 0.3 is 0 Å². The van der Waals surface area contributed by atoms with E-state index in [4.69, 9.17) is 0 Å². The number of benzene rings is 1. The first kappa shape index (κ1) is 11.2. The van der Waals surface area contributed by atoms with Crippen molar-refractivity contribution in [3.05, 3.63) is 35.9 Å². The van der Waals surface area contributed by atoms with Crippen LogP contribution < -0.4 is 0 Å². The van der Waals surface area contributed by atoms with Gasteiger partial charge in [0.2, 0.25) is 0 Å². The predicted molar refractivity (Wildman–Crippen MR) is 69.0 cm³/mol. The molecular weight excluding hydrogens is 210 g/mol. The Morgan fingerprint density at radius 3 is 2.18 bits per heavy atom. The molecular formula is C15H21NO. The van der Waals surface area contributed by atoms with E-state index in [0.29, 0.717) is 6.04 Å². The molecule has 0 amide bonds. The molecule has 2 heteroatoms. The fourth-order valence-corrected chi connectivity index (χ4v) is 3.18. The van der Waals surface area contributed by atoms with Crippen LogP contribution in [0.2, 0.25) is 0 Å². The summed E-state index contributed by atoms with van der Waals surface area (Å²) in [6.07, 6.45) is 4.63. The van der Waals surface area contributed by atoms with E-state index in [-0.39, 0.29) is 6.10 Å². The summed E-state index contributed by atoms with van der Waals surface area (Å²) in [7, 11) is 0. The van der Waals surface area contributed by atoms with Crippen LogP contribution in [-0.2, 0) is 0 Å². The molecule has 17 heavy (non-hydrogen) atoms. The summed E-state index contributed by atoms with van der Waals surface area (Å²) in [6.45, 7) is 2.31. The van der Waals surface area contributed by atoms with Crippen molar-refractivity contribution in [1.82, 2.24) is 4.90 Å². The average Bonchev–Trinajstić information content (AvgIpc) is 2.39. The highest BCUT2D eigenvalue weighted by atomic mass is 16.3. The number of nitrogens with zero attached hydrogens (tertiary/aromatic N) is 1. The number of hydrogen-bond donors (Lipinski definition) is 1. The zero-order valence-corrected chi connectivity index (χ0v) is 10.3. The van der Waals surface area contributed by atoms with Gasteiger partial charge in [-0.1, -0.05) is 30.3 Å². The van der Waals surface area contributed by atoms with E-state index in [1.54, 1.807) is 0 Å². The SMILES string of the molecule is OC1CCC1N1CCC(c2ccccc2)CC1. The second-order valence-corrected chi connectivity index (χ2v) is 5.43. The number of aliphatic hydroxyl groups excluding tert-OH is 1. The highest BCUT2D eigenvalue weighted by molar-refractivity contribution is 5.20. The Balaban J connectivity index is 1.57. The summed E-state index contributed by atoms with van der Waals surface area (Å²) >= 11 is 0. The third kappa shape index (κ3) is 2.24. The molecule has 1 saturated heterocycles. The fraction of sp³-hybridized carbons (Fsp3) is 0.600. The Morgan fingerprint density at radius 1 is 0.941 bits per heavy atom. The Labute approximate surface area is 103 Å². The lowest BCUT2D eigenvalue weighted by Gasteiger charge is -2.44. The van der Waals surface area contributed by atoms with Crippen molar-refractivity contribution < 1.29 is 5.11 Å². The first-order chi connectivity index (χ1) is 8.34. The number of piperidine rings is 1. The van der Waals surface area contributed by atoms with Gasteiger partial charge in [0.05, 0.1) is 6.10 Å². The van der Waals surface area contributed by atoms with Crippen LogP contribution in [0.5, 0.6) is 0 Å². The standard InChI is InChI=1S/C15H21NO/c17-15-7-6-14(15)16-10-8-13(9-11-16)12-4-2-1-3-5-12/h1-5,13-15,17H,6-11H2. The lowest BCUT2D eigenvalue weighted by Crippen LogP contribution is -2.52. The Hall–Kier alpha value is -0.860. The van der Waals surface area contributed by atoms with Crippen molar-refractivity contribution in [1.29, 1.82) is 0 Å². The monoisotopic (exact) mass is 231 g/mol. The number of hydrogen-bond acceptors (Lipinski definition) is 2. The third-order valence-corrected chi connectivity index (χ3v) is 4.47. The van der Waals surface area contributed by atoms with Crippen molar-refractivity contribution in [2.24, 2.45) is 0 Å². The quantitative estimate of drug-likeness (QED) is 0.845. The van der Waals surface area contributed by atoms with Crippen LogP contribution in [0.25, 0.3) is 0 Å². The minimum atomic E-state index is -0.0525. The van der Waals surface area contributed by atoms with Gasteiger partial charge in [-0.2, -0.15) is 0 Å². The molecule has 2 fully saturated rings. The molecule has 2 unspecified atom stereocenters. The molecule has 1 heterocycles. The van der Waals surface area contributed by atoms with Crippen LogP contribution in [-0.4, -0.2) is 35.2 Å². The molecule has 1 N–H and O–H groups in total. The van der Waals surface area contributed by atoms with E-state index in [9.17, 15) is 5.11 Å². The molecule has 92 valence electrons. The van der Waals surface area contributed by atoms with Crippen LogP contribution >= 0.6 is 0 Å². The van der Waals surface area contributed by atoms with Gasteiger partial charge in [-0.3, -0.25) is 4.90 Å². The smallest absolute Gasteiger partial charge is 0.0696 e. The molecule has 1 aliphatic carbocycles. The van der Waals surface area contributed by atoms with Crippen LogP contribution in [0.3, 0.4) is 0 Å². The molecule has 1 aliphatic heterocycles. The molecule has 0 radical (unpaired) electrons. The molecule has 2 atom stereocenters. The zero-order valence-electron chi connectivity index (χ0n) is 10.3. The van der Waals surface area contributed by atoms with E-state index in [2.05, 4.69) is 35.2 Å². The molecule has 1 aromatic rings. The molecule has 0 spiro atoms. The molecule has 2 nitrogen and oxygen atoms in total. The van der Waals surface area contributed by atoms with E-state index < -0.39 is 0 Å². The molecule has 1 saturated carbocycles. The number of rotatable bonds is 2. The maximum absolute atomic E-state index is 9.70. The lowest BCUT2D eigenvalue weighted by molar-refractivity contribution is -0.0301. The summed E-state index contributed by atoms with van der Waals surface area (Å²) in [5.41, 5.74) is 1.49. The Kier molecular flexibility index (Phi) is 3.17. The molecule has 0 aromatic heterocycles. The summed E-state index contributed by atoms with van der Waals surface area (Å²) in [5, 5.41) is 9.70. The van der Waals surface area contributed by atoms with Crippen molar-refractivity contribution in [3.8, 4) is 0 Å². The van der Waals surface area contributed by atoms with Crippen LogP contribution in [0.15, 0.2) is 30.3 Å². The van der Waals surface area contributed by atoms with Gasteiger partial charge in [-0.25, -0.2) is 0 Å². The average molecular weight is 231 g/mol. The van der Waals surface area contributed by atoms with Crippen molar-refractivity contribution >= 4 is 0 Å². The minimum absolute atomic E-state index is 0.0525. The first-order valence-electron chi connectivity index (χ1n) is 6.81. The largest absolute Gasteiger partial charge is 0.391 e. The van der Waals surface area contributed by atoms with Gasteiger partial charge in [0.15, 0.2) is 0 Å². The van der Waals surface area contributed by atoms with E-state index in [1.807, 2.05) is 0 Å². The van der Waals surface area contributed by atoms with E-state index in [1.165, 1.54) is 24.8 Å². The highest BCUT2D eigenvalue weighted by Gasteiger charge is 2.35. The van der Waals surface area contributed by atoms with Gasteiger partial charge in [-0.05, 0) is 50.3 Å². The highest BCUT2D eigenvalue weighted by Crippen LogP contribution is 2.33. The zero-order chi connectivity index (χ0) is 11.7. The van der Waals surface area contributed by atoms with Crippen molar-refractivity contribution in [2.45, 2.75) is 43.7 Å². The molecule has 3 rings (SSSR count). The normalized spacial score (nSPS) is 31.1. The second kappa shape index (κ2) is 4.79. The number of likely N-dealkylation sites (tertiary alicyclic amines) is 1. The summed E-state index contributed by atoms with van der Waals surface area (Å²) in [4.78, 5) is 2.49. The van der Waals surface area contributed by atoms with Crippen LogP contribution in [0, 0.1) is 0 Å². The predicted octanol–water partition coefficient (Wildman–Crippen LogP) is 2.39. The molecule has 0 bridgehead atoms. The maximum Gasteiger partial charge on any atom is 0.0696 e. The third-order valence-electron chi connectivity index (χ3n) is 4.47. The molecule has 2 aliphatic rings. The second-order valence-electron chi connectivity index (χ2n) is 5.43. The van der Waals surface area contributed by atoms with Gasteiger partial charge in [-0.15, -0.1) is 0 Å². The van der Waals surface area contributed by atoms with Gasteiger partial charge in [0.1, 0.15) is 0 Å². The summed E-state index contributed by atoms with van der Waals surface area (Å²) in [6, 6.07) is 11.3.